The molecule has 5 rings (SSSR count). The minimum atomic E-state index is -3.77. The van der Waals surface area contributed by atoms with Gasteiger partial charge in [-0.1, -0.05) is 42.5 Å². The van der Waals surface area contributed by atoms with Crippen LogP contribution in [0.5, 0.6) is 0 Å². The molecule has 186 valence electrons. The van der Waals surface area contributed by atoms with Crippen LogP contribution in [0.25, 0.3) is 22.3 Å². The van der Waals surface area contributed by atoms with Crippen molar-refractivity contribution in [2.75, 3.05) is 7.05 Å². The number of nitrogens with zero attached hydrogens (tertiary/aromatic N) is 7. The van der Waals surface area contributed by atoms with Crippen LogP contribution in [-0.4, -0.2) is 49.5 Å². The Labute approximate surface area is 213 Å². The highest BCUT2D eigenvalue weighted by Crippen LogP contribution is 2.29. The van der Waals surface area contributed by atoms with Crippen molar-refractivity contribution in [3.8, 4) is 17.3 Å². The van der Waals surface area contributed by atoms with Gasteiger partial charge in [0.15, 0.2) is 5.65 Å². The molecule has 2 aromatic carbocycles. The van der Waals surface area contributed by atoms with E-state index in [-0.39, 0.29) is 17.9 Å². The van der Waals surface area contributed by atoms with Crippen LogP contribution >= 0.6 is 0 Å². The molecule has 0 saturated heterocycles. The van der Waals surface area contributed by atoms with E-state index in [1.807, 2.05) is 30.3 Å². The van der Waals surface area contributed by atoms with E-state index >= 15 is 0 Å². The van der Waals surface area contributed by atoms with Gasteiger partial charge in [-0.05, 0) is 29.3 Å². The van der Waals surface area contributed by atoms with Gasteiger partial charge in [0.1, 0.15) is 6.33 Å². The number of hydrogen-bond donors (Lipinski definition) is 1. The van der Waals surface area contributed by atoms with E-state index in [9.17, 15) is 18.9 Å². The highest BCUT2D eigenvalue weighted by Gasteiger charge is 2.24. The Hall–Kier alpha value is -4.53. The van der Waals surface area contributed by atoms with Crippen LogP contribution < -0.4 is 0 Å². The van der Waals surface area contributed by atoms with E-state index in [1.165, 1.54) is 16.8 Å². The molecule has 0 fully saturated rings. The van der Waals surface area contributed by atoms with Gasteiger partial charge in [0.05, 0.1) is 35.3 Å². The lowest BCUT2D eigenvalue weighted by molar-refractivity contribution is 0.198. The number of hydrogen-bond acceptors (Lipinski definition) is 7. The Morgan fingerprint density at radius 3 is 2.70 bits per heavy atom. The summed E-state index contributed by atoms with van der Waals surface area (Å²) in [6, 6.07) is 19.3. The fourth-order valence-corrected chi connectivity index (χ4v) is 5.45. The molecule has 11 heteroatoms. The van der Waals surface area contributed by atoms with Crippen molar-refractivity contribution in [3.63, 3.8) is 0 Å². The zero-order valence-electron chi connectivity index (χ0n) is 19.9. The van der Waals surface area contributed by atoms with E-state index < -0.39 is 16.1 Å². The first-order valence-corrected chi connectivity index (χ1v) is 12.9. The molecule has 0 aliphatic heterocycles. The van der Waals surface area contributed by atoms with Crippen molar-refractivity contribution in [1.29, 1.82) is 5.26 Å². The number of benzene rings is 2. The van der Waals surface area contributed by atoms with Crippen molar-refractivity contribution >= 4 is 21.1 Å². The first-order chi connectivity index (χ1) is 17.9. The molecular formula is C26H23N7O3S. The second kappa shape index (κ2) is 9.85. The van der Waals surface area contributed by atoms with Gasteiger partial charge in [-0.15, -0.1) is 0 Å². The van der Waals surface area contributed by atoms with Gasteiger partial charge in [0.2, 0.25) is 10.0 Å². The van der Waals surface area contributed by atoms with E-state index in [2.05, 4.69) is 21.1 Å². The van der Waals surface area contributed by atoms with E-state index in [0.717, 1.165) is 10.3 Å². The van der Waals surface area contributed by atoms with Crippen LogP contribution in [0.15, 0.2) is 90.5 Å². The standard InChI is InChI=1S/C26H23N7O3S/c1-31(16-19-6-3-2-4-7-19)37(35,36)22-9-5-8-20(14-22)24(10-12-27)32-17-21(15-30-32)25-23-11-13-33(34)26(23)29-18-28-25/h2-9,11,13-15,17-18,24,34H,10,16H2,1H3. The zero-order chi connectivity index (χ0) is 26.0. The number of nitriles is 1. The summed E-state index contributed by atoms with van der Waals surface area (Å²) >= 11 is 0. The summed E-state index contributed by atoms with van der Waals surface area (Å²) < 4.78 is 30.5. The minimum absolute atomic E-state index is 0.0800. The molecule has 3 heterocycles. The first kappa shape index (κ1) is 24.2. The Morgan fingerprint density at radius 1 is 1.11 bits per heavy atom. The molecule has 0 aliphatic carbocycles. The molecule has 0 aliphatic rings. The van der Waals surface area contributed by atoms with Gasteiger partial charge in [-0.3, -0.25) is 4.68 Å². The Kier molecular flexibility index (Phi) is 6.43. The molecule has 0 bridgehead atoms. The average Bonchev–Trinajstić information content (AvgIpc) is 3.55. The summed E-state index contributed by atoms with van der Waals surface area (Å²) in [5.41, 5.74) is 3.14. The molecule has 0 amide bonds. The SMILES string of the molecule is CN(Cc1ccccc1)S(=O)(=O)c1cccc(C(CC#N)n2cc(-c3ncnc4c3ccn4O)cn2)c1. The predicted octanol–water partition coefficient (Wildman–Crippen LogP) is 3.86. The lowest BCUT2D eigenvalue weighted by Gasteiger charge is -2.20. The van der Waals surface area contributed by atoms with Crippen molar-refractivity contribution in [2.24, 2.45) is 0 Å². The van der Waals surface area contributed by atoms with Crippen molar-refractivity contribution < 1.29 is 13.6 Å². The summed E-state index contributed by atoms with van der Waals surface area (Å²) in [4.78, 5) is 8.57. The lowest BCUT2D eigenvalue weighted by Crippen LogP contribution is -2.26. The number of rotatable bonds is 8. The predicted molar refractivity (Wildman–Crippen MR) is 136 cm³/mol. The molecule has 1 atom stereocenters. The molecule has 37 heavy (non-hydrogen) atoms. The van der Waals surface area contributed by atoms with Gasteiger partial charge in [0.25, 0.3) is 0 Å². The summed E-state index contributed by atoms with van der Waals surface area (Å²) in [5, 5.41) is 24.6. The lowest BCUT2D eigenvalue weighted by atomic mass is 10.0. The van der Waals surface area contributed by atoms with Crippen molar-refractivity contribution in [3.05, 3.63) is 96.7 Å². The van der Waals surface area contributed by atoms with Gasteiger partial charge >= 0.3 is 0 Å². The fraction of sp³-hybridized carbons (Fsp3) is 0.154. The smallest absolute Gasteiger partial charge is 0.243 e. The van der Waals surface area contributed by atoms with Crippen molar-refractivity contribution in [1.82, 2.24) is 28.8 Å². The topological polar surface area (TPSA) is 130 Å². The molecular weight excluding hydrogens is 490 g/mol. The first-order valence-electron chi connectivity index (χ1n) is 11.4. The third-order valence-corrected chi connectivity index (χ3v) is 7.94. The third-order valence-electron chi connectivity index (χ3n) is 6.14. The molecule has 1 unspecified atom stereocenters. The van der Waals surface area contributed by atoms with Crippen LogP contribution in [0, 0.1) is 11.3 Å². The maximum absolute atomic E-state index is 13.3. The average molecular weight is 514 g/mol. The summed E-state index contributed by atoms with van der Waals surface area (Å²) in [7, 11) is -2.23. The van der Waals surface area contributed by atoms with E-state index in [0.29, 0.717) is 27.9 Å². The Morgan fingerprint density at radius 2 is 1.92 bits per heavy atom. The molecule has 10 nitrogen and oxygen atoms in total. The summed E-state index contributed by atoms with van der Waals surface area (Å²) in [6.07, 6.45) is 6.29. The summed E-state index contributed by atoms with van der Waals surface area (Å²) in [5.74, 6) is 0. The molecule has 0 spiro atoms. The van der Waals surface area contributed by atoms with E-state index in [1.54, 1.807) is 54.5 Å². The minimum Gasteiger partial charge on any atom is -0.427 e. The maximum atomic E-state index is 13.3. The number of aromatic nitrogens is 5. The second-order valence-electron chi connectivity index (χ2n) is 8.53. The normalized spacial score (nSPS) is 12.6. The van der Waals surface area contributed by atoms with Gasteiger partial charge in [-0.25, -0.2) is 18.4 Å². The molecule has 0 radical (unpaired) electrons. The van der Waals surface area contributed by atoms with Gasteiger partial charge < -0.3 is 5.21 Å². The molecule has 0 saturated carbocycles. The molecule has 5 aromatic rings. The molecule has 3 aromatic heterocycles. The Bertz CT molecular complexity index is 1710. The van der Waals surface area contributed by atoms with E-state index in [4.69, 9.17) is 0 Å². The third kappa shape index (κ3) is 4.67. The zero-order valence-corrected chi connectivity index (χ0v) is 20.7. The van der Waals surface area contributed by atoms with Gasteiger partial charge in [-0.2, -0.15) is 19.4 Å². The van der Waals surface area contributed by atoms with Crippen LogP contribution in [0.3, 0.4) is 0 Å². The summed E-state index contributed by atoms with van der Waals surface area (Å²) in [6.45, 7) is 0.237. The van der Waals surface area contributed by atoms with Gasteiger partial charge in [0, 0.05) is 36.9 Å². The Balaban J connectivity index is 1.47. The monoisotopic (exact) mass is 513 g/mol. The number of sulfonamides is 1. The maximum Gasteiger partial charge on any atom is 0.243 e. The van der Waals surface area contributed by atoms with Crippen LogP contribution in [-0.2, 0) is 16.6 Å². The number of fused-ring (bicyclic) bond motifs is 1. The fourth-order valence-electron chi connectivity index (χ4n) is 4.24. The second-order valence-corrected chi connectivity index (χ2v) is 10.6. The van der Waals surface area contributed by atoms with Crippen LogP contribution in [0.1, 0.15) is 23.6 Å². The molecule has 1 N–H and O–H groups in total. The van der Waals surface area contributed by atoms with Crippen LogP contribution in [0.4, 0.5) is 0 Å². The quantitative estimate of drug-likeness (QED) is 0.312. The van der Waals surface area contributed by atoms with Crippen molar-refractivity contribution in [2.45, 2.75) is 23.9 Å². The van der Waals surface area contributed by atoms with Crippen LogP contribution in [0.2, 0.25) is 0 Å². The largest absolute Gasteiger partial charge is 0.427 e. The highest BCUT2D eigenvalue weighted by molar-refractivity contribution is 7.89. The highest BCUT2D eigenvalue weighted by atomic mass is 32.2.